The zero-order valence-electron chi connectivity index (χ0n) is 13.5. The van der Waals surface area contributed by atoms with Gasteiger partial charge in [0, 0.05) is 32.7 Å². The van der Waals surface area contributed by atoms with Crippen LogP contribution in [0.5, 0.6) is 0 Å². The molecule has 0 aliphatic carbocycles. The second-order valence-electron chi connectivity index (χ2n) is 5.86. The van der Waals surface area contributed by atoms with Gasteiger partial charge < -0.3 is 10.2 Å². The van der Waals surface area contributed by atoms with E-state index in [9.17, 15) is 9.18 Å². The first-order chi connectivity index (χ1) is 11.7. The van der Waals surface area contributed by atoms with Crippen molar-refractivity contribution in [3.63, 3.8) is 0 Å². The number of piperazine rings is 1. The molecule has 1 aliphatic heterocycles. The Bertz CT molecular complexity index is 654. The molecule has 6 heteroatoms. The summed E-state index contributed by atoms with van der Waals surface area (Å²) in [6.45, 7) is 4.11. The highest BCUT2D eigenvalue weighted by Gasteiger charge is 2.20. The first-order valence-corrected chi connectivity index (χ1v) is 8.14. The van der Waals surface area contributed by atoms with Gasteiger partial charge in [0.25, 0.3) is 0 Å². The van der Waals surface area contributed by atoms with Gasteiger partial charge in [0.1, 0.15) is 0 Å². The number of amides is 2. The average molecular weight is 328 g/mol. The van der Waals surface area contributed by atoms with E-state index >= 15 is 0 Å². The molecule has 1 aliphatic rings. The van der Waals surface area contributed by atoms with Crippen LogP contribution in [0.15, 0.2) is 48.7 Å². The monoisotopic (exact) mass is 328 g/mol. The highest BCUT2D eigenvalue weighted by Crippen LogP contribution is 2.09. The summed E-state index contributed by atoms with van der Waals surface area (Å²) in [5.74, 6) is -0.556. The second-order valence-corrected chi connectivity index (χ2v) is 5.86. The van der Waals surface area contributed by atoms with Crippen molar-refractivity contribution in [1.82, 2.24) is 14.8 Å². The third-order valence-corrected chi connectivity index (χ3v) is 4.20. The van der Waals surface area contributed by atoms with Gasteiger partial charge in [0.05, 0.1) is 11.9 Å². The molecule has 0 unspecified atom stereocenters. The molecule has 0 bridgehead atoms. The van der Waals surface area contributed by atoms with Gasteiger partial charge in [0.15, 0.2) is 0 Å². The third kappa shape index (κ3) is 4.52. The minimum absolute atomic E-state index is 0.161. The van der Waals surface area contributed by atoms with E-state index in [2.05, 4.69) is 39.5 Å². The van der Waals surface area contributed by atoms with E-state index in [0.717, 1.165) is 26.1 Å². The van der Waals surface area contributed by atoms with Gasteiger partial charge in [-0.15, -0.1) is 0 Å². The Morgan fingerprint density at radius 3 is 2.50 bits per heavy atom. The number of hydrogen-bond donors (Lipinski definition) is 1. The van der Waals surface area contributed by atoms with Crippen LogP contribution in [0, 0.1) is 5.95 Å². The Morgan fingerprint density at radius 2 is 1.83 bits per heavy atom. The third-order valence-electron chi connectivity index (χ3n) is 4.20. The van der Waals surface area contributed by atoms with Gasteiger partial charge in [-0.25, -0.2) is 9.78 Å². The van der Waals surface area contributed by atoms with Crippen LogP contribution in [0.3, 0.4) is 0 Å². The fraction of sp³-hybridized carbons (Fsp3) is 0.333. The van der Waals surface area contributed by atoms with Gasteiger partial charge in [-0.05, 0) is 24.1 Å². The van der Waals surface area contributed by atoms with Crippen molar-refractivity contribution >= 4 is 11.7 Å². The van der Waals surface area contributed by atoms with E-state index in [1.54, 1.807) is 4.90 Å². The van der Waals surface area contributed by atoms with Crippen LogP contribution < -0.4 is 5.32 Å². The Morgan fingerprint density at radius 1 is 1.08 bits per heavy atom. The molecular formula is C18H21FN4O. The summed E-state index contributed by atoms with van der Waals surface area (Å²) in [6, 6.07) is 13.0. The highest BCUT2D eigenvalue weighted by molar-refractivity contribution is 5.89. The number of nitrogens with one attached hydrogen (secondary N) is 1. The number of rotatable bonds is 4. The normalized spacial score (nSPS) is 15.3. The zero-order valence-corrected chi connectivity index (χ0v) is 13.5. The molecule has 2 heterocycles. The molecule has 24 heavy (non-hydrogen) atoms. The molecule has 1 fully saturated rings. The van der Waals surface area contributed by atoms with Crippen molar-refractivity contribution in [1.29, 1.82) is 0 Å². The Kier molecular flexibility index (Phi) is 5.38. The summed E-state index contributed by atoms with van der Waals surface area (Å²) in [5, 5.41) is 2.75. The number of pyridine rings is 1. The molecule has 1 N–H and O–H groups in total. The number of halogens is 1. The number of anilines is 1. The lowest BCUT2D eigenvalue weighted by molar-refractivity contribution is 0.148. The highest BCUT2D eigenvalue weighted by atomic mass is 19.1. The van der Waals surface area contributed by atoms with Gasteiger partial charge in [-0.3, -0.25) is 4.90 Å². The Hall–Kier alpha value is -2.47. The van der Waals surface area contributed by atoms with Gasteiger partial charge >= 0.3 is 6.03 Å². The van der Waals surface area contributed by atoms with Crippen molar-refractivity contribution in [2.45, 2.75) is 6.42 Å². The molecule has 0 atom stereocenters. The van der Waals surface area contributed by atoms with Gasteiger partial charge in [-0.1, -0.05) is 30.3 Å². The average Bonchev–Trinajstić information content (AvgIpc) is 2.63. The molecule has 5 nitrogen and oxygen atoms in total. The molecule has 0 radical (unpaired) electrons. The maximum atomic E-state index is 12.8. The summed E-state index contributed by atoms with van der Waals surface area (Å²) in [5.41, 5.74) is 1.84. The molecule has 1 aromatic heterocycles. The SMILES string of the molecule is O=C(Nc1ccc(F)nc1)N1CCN(CCc2ccccc2)CC1. The fourth-order valence-electron chi connectivity index (χ4n) is 2.76. The molecule has 0 spiro atoms. The number of hydrogen-bond acceptors (Lipinski definition) is 3. The van der Waals surface area contributed by atoms with E-state index in [0.29, 0.717) is 18.8 Å². The summed E-state index contributed by atoms with van der Waals surface area (Å²) in [6.07, 6.45) is 2.34. The van der Waals surface area contributed by atoms with E-state index < -0.39 is 5.95 Å². The van der Waals surface area contributed by atoms with E-state index in [1.165, 1.54) is 23.9 Å². The van der Waals surface area contributed by atoms with Crippen molar-refractivity contribution in [2.75, 3.05) is 38.0 Å². The molecule has 3 rings (SSSR count). The Labute approximate surface area is 141 Å². The van der Waals surface area contributed by atoms with Crippen LogP contribution in [0.25, 0.3) is 0 Å². The number of urea groups is 1. The molecule has 2 aromatic rings. The number of aromatic nitrogens is 1. The molecular weight excluding hydrogens is 307 g/mol. The van der Waals surface area contributed by atoms with Crippen LogP contribution in [-0.2, 0) is 6.42 Å². The minimum atomic E-state index is -0.556. The first-order valence-electron chi connectivity index (χ1n) is 8.14. The number of carbonyl (C=O) groups excluding carboxylic acids is 1. The first kappa shape index (κ1) is 16.4. The molecule has 1 aromatic carbocycles. The predicted octanol–water partition coefficient (Wildman–Crippen LogP) is 2.61. The molecule has 0 saturated carbocycles. The van der Waals surface area contributed by atoms with Crippen molar-refractivity contribution in [2.24, 2.45) is 0 Å². The van der Waals surface area contributed by atoms with Crippen LogP contribution in [0.4, 0.5) is 14.9 Å². The summed E-state index contributed by atoms with van der Waals surface area (Å²) in [4.78, 5) is 19.9. The van der Waals surface area contributed by atoms with Crippen LogP contribution in [0.1, 0.15) is 5.56 Å². The van der Waals surface area contributed by atoms with Crippen molar-refractivity contribution in [3.05, 3.63) is 60.2 Å². The lowest BCUT2D eigenvalue weighted by Crippen LogP contribution is -2.50. The maximum absolute atomic E-state index is 12.8. The maximum Gasteiger partial charge on any atom is 0.321 e. The zero-order chi connectivity index (χ0) is 16.8. The van der Waals surface area contributed by atoms with Gasteiger partial charge in [0.2, 0.25) is 5.95 Å². The van der Waals surface area contributed by atoms with Gasteiger partial charge in [-0.2, -0.15) is 4.39 Å². The smallest absolute Gasteiger partial charge is 0.321 e. The summed E-state index contributed by atoms with van der Waals surface area (Å²) in [7, 11) is 0. The lowest BCUT2D eigenvalue weighted by atomic mass is 10.1. The number of carbonyl (C=O) groups is 1. The molecule has 2 amide bonds. The van der Waals surface area contributed by atoms with Crippen LogP contribution in [0.2, 0.25) is 0 Å². The van der Waals surface area contributed by atoms with E-state index in [1.807, 2.05) is 6.07 Å². The fourth-order valence-corrected chi connectivity index (χ4v) is 2.76. The molecule has 126 valence electrons. The number of nitrogens with zero attached hydrogens (tertiary/aromatic N) is 3. The van der Waals surface area contributed by atoms with Crippen molar-refractivity contribution in [3.8, 4) is 0 Å². The van der Waals surface area contributed by atoms with E-state index in [4.69, 9.17) is 0 Å². The second kappa shape index (κ2) is 7.88. The lowest BCUT2D eigenvalue weighted by Gasteiger charge is -2.34. The van der Waals surface area contributed by atoms with E-state index in [-0.39, 0.29) is 6.03 Å². The van der Waals surface area contributed by atoms with Crippen molar-refractivity contribution < 1.29 is 9.18 Å². The predicted molar refractivity (Wildman–Crippen MR) is 91.4 cm³/mol. The largest absolute Gasteiger partial charge is 0.322 e. The standard InChI is InChI=1S/C18H21FN4O/c19-17-7-6-16(14-20-17)21-18(24)23-12-10-22(11-13-23)9-8-15-4-2-1-3-5-15/h1-7,14H,8-13H2,(H,21,24). The Balaban J connectivity index is 1.42. The number of benzene rings is 1. The summed E-state index contributed by atoms with van der Waals surface area (Å²) >= 11 is 0. The summed E-state index contributed by atoms with van der Waals surface area (Å²) < 4.78 is 12.8. The minimum Gasteiger partial charge on any atom is -0.322 e. The molecule has 1 saturated heterocycles. The van der Waals surface area contributed by atoms with Crippen LogP contribution in [-0.4, -0.2) is 53.5 Å². The van der Waals surface area contributed by atoms with Crippen LogP contribution >= 0.6 is 0 Å². The quantitative estimate of drug-likeness (QED) is 0.878. The topological polar surface area (TPSA) is 48.5 Å².